The monoisotopic (exact) mass is 592 g/mol. The molecule has 41 heavy (non-hydrogen) atoms. The summed E-state index contributed by atoms with van der Waals surface area (Å²) in [5.41, 5.74) is 17.0. The second kappa shape index (κ2) is 15.6. The summed E-state index contributed by atoms with van der Waals surface area (Å²) in [6.45, 7) is 3.51. The second-order valence-electron chi connectivity index (χ2n) is 12.1. The van der Waals surface area contributed by atoms with Crippen molar-refractivity contribution in [2.75, 3.05) is 19.8 Å². The zero-order valence-corrected chi connectivity index (χ0v) is 24.2. The molecule has 3 fully saturated rings. The van der Waals surface area contributed by atoms with Crippen LogP contribution in [0.15, 0.2) is 0 Å². The summed E-state index contributed by atoms with van der Waals surface area (Å²) < 4.78 is 24.0. The summed E-state index contributed by atoms with van der Waals surface area (Å²) in [4.78, 5) is 12.8. The van der Waals surface area contributed by atoms with Crippen molar-refractivity contribution in [2.24, 2.45) is 23.1 Å². The first-order valence-electron chi connectivity index (χ1n) is 14.9. The quantitative estimate of drug-likeness (QED) is 0.101. The van der Waals surface area contributed by atoms with Crippen molar-refractivity contribution in [2.45, 2.75) is 138 Å². The number of rotatable bonds is 13. The third-order valence-electron chi connectivity index (χ3n) is 8.66. The summed E-state index contributed by atoms with van der Waals surface area (Å²) in [7, 11) is 0. The number of hydrogen-bond donors (Lipinski definition) is 9. The lowest BCUT2D eigenvalue weighted by Crippen LogP contribution is -2.68. The van der Waals surface area contributed by atoms with E-state index < -0.39 is 78.7 Å². The van der Waals surface area contributed by atoms with E-state index in [1.165, 1.54) is 0 Å². The molecule has 2 aliphatic heterocycles. The minimum atomic E-state index is -1.40. The highest BCUT2D eigenvalue weighted by Gasteiger charge is 2.51. The topological polar surface area (TPSA) is 245 Å². The molecule has 14 heteroatoms. The highest BCUT2D eigenvalue weighted by atomic mass is 16.7. The minimum absolute atomic E-state index is 0.105. The SMILES string of the molecule is C[C@@H]1C(O)[C@@H](OC2C(O)C(O[C@H]3O[C@H](CCCCO)CCC3N)[C@@H](N)C[C@H]2NC(=O)[C@@H](O)CCCN)OCC1(C)O. The van der Waals surface area contributed by atoms with Gasteiger partial charge in [-0.05, 0) is 64.8 Å². The lowest BCUT2D eigenvalue weighted by molar-refractivity contribution is -0.314. The smallest absolute Gasteiger partial charge is 0.249 e. The highest BCUT2D eigenvalue weighted by Crippen LogP contribution is 2.34. The Kier molecular flexibility index (Phi) is 13.1. The van der Waals surface area contributed by atoms with Gasteiger partial charge in [-0.3, -0.25) is 4.79 Å². The second-order valence-corrected chi connectivity index (χ2v) is 12.1. The standard InChI is InChI=1S/C27H52N4O10/c1-14-20(34)26(38-13-27(14,2)37)41-23-18(31-24(36)19(33)7-5-10-28)12-17(30)22(21(23)35)40-25-16(29)9-8-15(39-25)6-3-4-11-32/h14-23,25-26,32-35,37H,3-13,28-30H2,1-2H3,(H,31,36)/t14-,15-,16?,17+,18-,19+,20?,21?,22?,23?,25-,26-,27?/m1/s1. The number of hydrogen-bond acceptors (Lipinski definition) is 13. The first-order valence-corrected chi connectivity index (χ1v) is 14.9. The summed E-state index contributed by atoms with van der Waals surface area (Å²) in [6, 6.07) is -2.08. The van der Waals surface area contributed by atoms with Gasteiger partial charge >= 0.3 is 0 Å². The average Bonchev–Trinajstić information content (AvgIpc) is 2.93. The zero-order valence-electron chi connectivity index (χ0n) is 24.2. The average molecular weight is 593 g/mol. The molecule has 13 atom stereocenters. The van der Waals surface area contributed by atoms with E-state index in [4.69, 9.17) is 41.3 Å². The fourth-order valence-corrected chi connectivity index (χ4v) is 5.67. The molecule has 0 aromatic carbocycles. The van der Waals surface area contributed by atoms with Crippen LogP contribution in [-0.2, 0) is 23.7 Å². The van der Waals surface area contributed by atoms with Crippen molar-refractivity contribution >= 4 is 5.91 Å². The number of unbranched alkanes of at least 4 members (excludes halogenated alkanes) is 1. The fourth-order valence-electron chi connectivity index (χ4n) is 5.67. The number of nitrogens with two attached hydrogens (primary N) is 3. The molecule has 2 heterocycles. The van der Waals surface area contributed by atoms with Crippen molar-refractivity contribution in [1.29, 1.82) is 0 Å². The maximum absolute atomic E-state index is 12.8. The number of amides is 1. The molecule has 1 amide bonds. The fraction of sp³-hybridized carbons (Fsp3) is 0.963. The number of carbonyl (C=O) groups excluding carboxylic acids is 1. The summed E-state index contributed by atoms with van der Waals surface area (Å²) in [5.74, 6) is -1.28. The van der Waals surface area contributed by atoms with Crippen LogP contribution in [0.4, 0.5) is 0 Å². The molecule has 1 saturated carbocycles. The predicted octanol–water partition coefficient (Wildman–Crippen LogP) is -2.47. The van der Waals surface area contributed by atoms with Gasteiger partial charge in [0.1, 0.15) is 30.5 Å². The molecule has 6 unspecified atom stereocenters. The first-order chi connectivity index (χ1) is 19.4. The van der Waals surface area contributed by atoms with E-state index in [2.05, 4.69) is 5.32 Å². The molecule has 0 aromatic rings. The van der Waals surface area contributed by atoms with Gasteiger partial charge in [-0.25, -0.2) is 0 Å². The van der Waals surface area contributed by atoms with E-state index >= 15 is 0 Å². The van der Waals surface area contributed by atoms with Crippen LogP contribution in [-0.4, -0.2) is 124 Å². The maximum Gasteiger partial charge on any atom is 0.249 e. The predicted molar refractivity (Wildman–Crippen MR) is 147 cm³/mol. The molecular formula is C27H52N4O10. The molecule has 12 N–H and O–H groups in total. The van der Waals surface area contributed by atoms with Crippen LogP contribution in [0.3, 0.4) is 0 Å². The molecule has 2 saturated heterocycles. The summed E-state index contributed by atoms with van der Waals surface area (Å²) in [6.07, 6.45) is -3.97. The van der Waals surface area contributed by atoms with Crippen molar-refractivity contribution < 1.29 is 49.3 Å². The highest BCUT2D eigenvalue weighted by molar-refractivity contribution is 5.80. The van der Waals surface area contributed by atoms with Gasteiger partial charge in [-0.15, -0.1) is 0 Å². The molecular weight excluding hydrogens is 540 g/mol. The summed E-state index contributed by atoms with van der Waals surface area (Å²) >= 11 is 0. The van der Waals surface area contributed by atoms with Crippen LogP contribution in [0.25, 0.3) is 0 Å². The first kappa shape index (κ1) is 34.5. The minimum Gasteiger partial charge on any atom is -0.396 e. The van der Waals surface area contributed by atoms with Crippen LogP contribution < -0.4 is 22.5 Å². The number of aliphatic hydroxyl groups is 5. The molecule has 3 aliphatic rings. The van der Waals surface area contributed by atoms with Gasteiger partial charge in [-0.1, -0.05) is 6.92 Å². The Morgan fingerprint density at radius 1 is 1.07 bits per heavy atom. The maximum atomic E-state index is 12.8. The zero-order chi connectivity index (χ0) is 30.3. The van der Waals surface area contributed by atoms with Crippen molar-refractivity contribution in [1.82, 2.24) is 5.32 Å². The van der Waals surface area contributed by atoms with E-state index in [9.17, 15) is 25.2 Å². The molecule has 14 nitrogen and oxygen atoms in total. The van der Waals surface area contributed by atoms with Gasteiger partial charge < -0.3 is 67.0 Å². The lowest BCUT2D eigenvalue weighted by atomic mass is 9.82. The van der Waals surface area contributed by atoms with Crippen molar-refractivity contribution in [3.8, 4) is 0 Å². The summed E-state index contributed by atoms with van der Waals surface area (Å²) in [5, 5.41) is 55.0. The number of nitrogens with one attached hydrogen (secondary N) is 1. The van der Waals surface area contributed by atoms with Crippen molar-refractivity contribution in [3.05, 3.63) is 0 Å². The third-order valence-corrected chi connectivity index (χ3v) is 8.66. The Morgan fingerprint density at radius 2 is 1.78 bits per heavy atom. The molecule has 240 valence electrons. The van der Waals surface area contributed by atoms with Crippen LogP contribution in [0, 0.1) is 5.92 Å². The Labute approximate surface area is 241 Å². The van der Waals surface area contributed by atoms with Crippen molar-refractivity contribution in [3.63, 3.8) is 0 Å². The Morgan fingerprint density at radius 3 is 2.46 bits per heavy atom. The van der Waals surface area contributed by atoms with E-state index in [1.807, 2.05) is 0 Å². The largest absolute Gasteiger partial charge is 0.396 e. The van der Waals surface area contributed by atoms with E-state index in [1.54, 1.807) is 13.8 Å². The van der Waals surface area contributed by atoms with Crippen LogP contribution in [0.1, 0.15) is 65.2 Å². The molecule has 0 aromatic heterocycles. The van der Waals surface area contributed by atoms with E-state index in [0.717, 1.165) is 19.3 Å². The lowest BCUT2D eigenvalue weighted by Gasteiger charge is -2.48. The van der Waals surface area contributed by atoms with Gasteiger partial charge in [0.25, 0.3) is 0 Å². The van der Waals surface area contributed by atoms with E-state index in [0.29, 0.717) is 25.8 Å². The van der Waals surface area contributed by atoms with Gasteiger partial charge in [0.2, 0.25) is 5.91 Å². The van der Waals surface area contributed by atoms with Crippen LogP contribution >= 0.6 is 0 Å². The molecule has 3 rings (SSSR count). The van der Waals surface area contributed by atoms with Gasteiger partial charge in [0.05, 0.1) is 30.4 Å². The number of aliphatic hydroxyl groups excluding tert-OH is 4. The number of carbonyl (C=O) groups is 1. The normalized spacial score (nSPS) is 42.5. The Balaban J connectivity index is 1.76. The Bertz CT molecular complexity index is 810. The molecule has 0 spiro atoms. The van der Waals surface area contributed by atoms with Gasteiger partial charge in [-0.2, -0.15) is 0 Å². The molecule has 1 aliphatic carbocycles. The van der Waals surface area contributed by atoms with Gasteiger partial charge in [0.15, 0.2) is 12.6 Å². The third kappa shape index (κ3) is 9.00. The Hall–Kier alpha value is -1.01. The van der Waals surface area contributed by atoms with E-state index in [-0.39, 0.29) is 32.2 Å². The van der Waals surface area contributed by atoms with Crippen LogP contribution in [0.5, 0.6) is 0 Å². The molecule has 0 bridgehead atoms. The van der Waals surface area contributed by atoms with Gasteiger partial charge in [0, 0.05) is 18.6 Å². The number of ether oxygens (including phenoxy) is 4. The molecule has 0 radical (unpaired) electrons. The van der Waals surface area contributed by atoms with Crippen LogP contribution in [0.2, 0.25) is 0 Å².